The molecule has 11 heteroatoms. The largest absolute Gasteiger partial charge is 0.493 e. The number of imidazole rings is 1. The molecule has 0 aliphatic rings. The van der Waals surface area contributed by atoms with E-state index < -0.39 is 4.92 Å². The minimum absolute atomic E-state index is 0.0707. The minimum atomic E-state index is -0.544. The van der Waals surface area contributed by atoms with Gasteiger partial charge < -0.3 is 24.9 Å². The third-order valence-corrected chi connectivity index (χ3v) is 5.10. The third-order valence-electron chi connectivity index (χ3n) is 4.61. The van der Waals surface area contributed by atoms with Crippen LogP contribution in [0.1, 0.15) is 5.69 Å². The van der Waals surface area contributed by atoms with Crippen LogP contribution in [0.25, 0.3) is 10.9 Å². The average molecular weight is 485 g/mol. The molecule has 31 heavy (non-hydrogen) atoms. The van der Waals surface area contributed by atoms with Crippen LogP contribution in [0.3, 0.4) is 0 Å². The Bertz CT molecular complexity index is 1280. The Labute approximate surface area is 185 Å². The molecule has 4 rings (SSSR count). The first-order chi connectivity index (χ1) is 15.0. The number of hydrogen-bond donors (Lipinski definition) is 1. The molecule has 1 N–H and O–H groups in total. The molecular formula is C20H17BrN6O4. The zero-order valence-corrected chi connectivity index (χ0v) is 18.2. The molecule has 0 radical (unpaired) electrons. The van der Waals surface area contributed by atoms with Crippen molar-refractivity contribution in [1.82, 2.24) is 19.5 Å². The number of rotatable bonds is 7. The summed E-state index contributed by atoms with van der Waals surface area (Å²) < 4.78 is 13.7. The van der Waals surface area contributed by atoms with Crippen LogP contribution in [-0.4, -0.2) is 31.6 Å². The first-order valence-corrected chi connectivity index (χ1v) is 9.88. The topological polar surface area (TPSA) is 117 Å². The number of ether oxygens (including phenoxy) is 2. The summed E-state index contributed by atoms with van der Waals surface area (Å²) in [6.07, 6.45) is 2.88. The van der Waals surface area contributed by atoms with Gasteiger partial charge in [0.15, 0.2) is 17.2 Å². The van der Waals surface area contributed by atoms with E-state index in [9.17, 15) is 10.1 Å². The van der Waals surface area contributed by atoms with Crippen molar-refractivity contribution in [3.8, 4) is 11.5 Å². The van der Waals surface area contributed by atoms with Gasteiger partial charge in [-0.05, 0) is 29.2 Å². The monoisotopic (exact) mass is 484 g/mol. The molecule has 0 saturated carbocycles. The lowest BCUT2D eigenvalue weighted by atomic mass is 10.2. The summed E-state index contributed by atoms with van der Waals surface area (Å²) in [7, 11) is 3.10. The lowest BCUT2D eigenvalue weighted by molar-refractivity contribution is -0.396. The number of benzene rings is 2. The molecule has 4 aromatic rings. The molecule has 10 nitrogen and oxygen atoms in total. The quantitative estimate of drug-likeness (QED) is 0.303. The molecule has 0 fully saturated rings. The van der Waals surface area contributed by atoms with Crippen LogP contribution in [-0.2, 0) is 13.7 Å². The summed E-state index contributed by atoms with van der Waals surface area (Å²) in [5, 5.41) is 15.0. The van der Waals surface area contributed by atoms with Crippen molar-refractivity contribution in [2.75, 3.05) is 12.4 Å². The Morgan fingerprint density at radius 2 is 2.03 bits per heavy atom. The van der Waals surface area contributed by atoms with Crippen molar-refractivity contribution in [3.63, 3.8) is 0 Å². The minimum Gasteiger partial charge on any atom is -0.493 e. The Kier molecular flexibility index (Phi) is 5.67. The lowest BCUT2D eigenvalue weighted by Gasteiger charge is -2.13. The van der Waals surface area contributed by atoms with Gasteiger partial charge in [0.05, 0.1) is 19.7 Å². The predicted octanol–water partition coefficient (Wildman–Crippen LogP) is 4.37. The van der Waals surface area contributed by atoms with E-state index in [1.165, 1.54) is 24.2 Å². The number of methoxy groups -OCH3 is 1. The SMILES string of the molecule is COc1cc2ncnc(Nc3cccc(Br)c3)c2cc1OCc1cnc([N+](=O)[O-])n1C. The fourth-order valence-electron chi connectivity index (χ4n) is 3.03. The van der Waals surface area contributed by atoms with Crippen LogP contribution < -0.4 is 14.8 Å². The number of aromatic nitrogens is 4. The van der Waals surface area contributed by atoms with Crippen LogP contribution in [0.5, 0.6) is 11.5 Å². The molecule has 0 atom stereocenters. The van der Waals surface area contributed by atoms with Crippen LogP contribution >= 0.6 is 15.9 Å². The fourth-order valence-corrected chi connectivity index (χ4v) is 3.43. The molecule has 0 aliphatic heterocycles. The molecule has 0 unspecified atom stereocenters. The van der Waals surface area contributed by atoms with E-state index in [1.54, 1.807) is 19.2 Å². The van der Waals surface area contributed by atoms with Crippen molar-refractivity contribution in [1.29, 1.82) is 0 Å². The lowest BCUT2D eigenvalue weighted by Crippen LogP contribution is -2.05. The van der Waals surface area contributed by atoms with Gasteiger partial charge in [0.1, 0.15) is 24.9 Å². The van der Waals surface area contributed by atoms with Gasteiger partial charge in [0.25, 0.3) is 0 Å². The van der Waals surface area contributed by atoms with Crippen molar-refractivity contribution in [2.24, 2.45) is 7.05 Å². The molecule has 0 bridgehead atoms. The summed E-state index contributed by atoms with van der Waals surface area (Å²) >= 11 is 3.46. The van der Waals surface area contributed by atoms with Gasteiger partial charge in [-0.15, -0.1) is 0 Å². The maximum Gasteiger partial charge on any atom is 0.434 e. The fraction of sp³-hybridized carbons (Fsp3) is 0.150. The summed E-state index contributed by atoms with van der Waals surface area (Å²) in [5.41, 5.74) is 2.08. The smallest absolute Gasteiger partial charge is 0.434 e. The number of nitrogens with zero attached hydrogens (tertiary/aromatic N) is 5. The second-order valence-corrected chi connectivity index (χ2v) is 7.45. The predicted molar refractivity (Wildman–Crippen MR) is 118 cm³/mol. The Hall–Kier alpha value is -3.73. The van der Waals surface area contributed by atoms with Gasteiger partial charge >= 0.3 is 5.95 Å². The summed E-state index contributed by atoms with van der Waals surface area (Å²) in [6.45, 7) is 0.0707. The highest BCUT2D eigenvalue weighted by molar-refractivity contribution is 9.10. The van der Waals surface area contributed by atoms with Crippen LogP contribution in [0.4, 0.5) is 17.5 Å². The third kappa shape index (κ3) is 4.26. The van der Waals surface area contributed by atoms with E-state index in [-0.39, 0.29) is 12.6 Å². The Morgan fingerprint density at radius 1 is 1.19 bits per heavy atom. The molecular weight excluding hydrogens is 468 g/mol. The second kappa shape index (κ2) is 8.56. The molecule has 0 aliphatic carbocycles. The molecule has 2 aromatic carbocycles. The number of nitrogens with one attached hydrogen (secondary N) is 1. The van der Waals surface area contributed by atoms with Crippen molar-refractivity contribution in [3.05, 3.63) is 69.2 Å². The highest BCUT2D eigenvalue weighted by Gasteiger charge is 2.19. The number of fused-ring (bicyclic) bond motifs is 1. The van der Waals surface area contributed by atoms with Gasteiger partial charge in [-0.1, -0.05) is 27.0 Å². The van der Waals surface area contributed by atoms with E-state index >= 15 is 0 Å². The van der Waals surface area contributed by atoms with E-state index in [4.69, 9.17) is 9.47 Å². The van der Waals surface area contributed by atoms with E-state index in [2.05, 4.69) is 36.2 Å². The normalized spacial score (nSPS) is 10.8. The number of nitro groups is 1. The second-order valence-electron chi connectivity index (χ2n) is 6.53. The highest BCUT2D eigenvalue weighted by Crippen LogP contribution is 2.35. The van der Waals surface area contributed by atoms with Gasteiger partial charge in [-0.3, -0.25) is 0 Å². The van der Waals surface area contributed by atoms with Gasteiger partial charge in [-0.2, -0.15) is 0 Å². The number of halogens is 1. The maximum absolute atomic E-state index is 11.0. The van der Waals surface area contributed by atoms with Crippen molar-refractivity contribution >= 4 is 44.3 Å². The maximum atomic E-state index is 11.0. The zero-order chi connectivity index (χ0) is 22.0. The number of hydrogen-bond acceptors (Lipinski definition) is 8. The summed E-state index contributed by atoms with van der Waals surface area (Å²) in [4.78, 5) is 22.9. The molecule has 0 saturated heterocycles. The van der Waals surface area contributed by atoms with Crippen molar-refractivity contribution in [2.45, 2.75) is 6.61 Å². The van der Waals surface area contributed by atoms with Crippen LogP contribution in [0.2, 0.25) is 0 Å². The molecule has 0 spiro atoms. The standard InChI is InChI=1S/C20H17BrN6O4/c1-26-14(9-22-20(26)27(28)29)10-31-18-7-15-16(8-17(18)30-2)23-11-24-19(15)25-13-5-3-4-12(21)6-13/h3-9,11H,10H2,1-2H3,(H,23,24,25). The van der Waals surface area contributed by atoms with Gasteiger partial charge in [0, 0.05) is 21.6 Å². The summed E-state index contributed by atoms with van der Waals surface area (Å²) in [6, 6.07) is 11.2. The average Bonchev–Trinajstić information content (AvgIpc) is 3.12. The highest BCUT2D eigenvalue weighted by atomic mass is 79.9. The van der Waals surface area contributed by atoms with Gasteiger partial charge in [-0.25, -0.2) is 14.5 Å². The van der Waals surface area contributed by atoms with Gasteiger partial charge in [0.2, 0.25) is 0 Å². The van der Waals surface area contributed by atoms with E-state index in [0.717, 1.165) is 15.5 Å². The molecule has 2 aromatic heterocycles. The zero-order valence-electron chi connectivity index (χ0n) is 16.6. The van der Waals surface area contributed by atoms with E-state index in [0.29, 0.717) is 28.5 Å². The molecule has 158 valence electrons. The summed E-state index contributed by atoms with van der Waals surface area (Å²) in [5.74, 6) is 1.28. The Morgan fingerprint density at radius 3 is 2.74 bits per heavy atom. The molecule has 0 amide bonds. The van der Waals surface area contributed by atoms with E-state index in [1.807, 2.05) is 24.3 Å². The first kappa shape index (κ1) is 20.5. The molecule has 2 heterocycles. The van der Waals surface area contributed by atoms with Crippen LogP contribution in [0.15, 0.2) is 53.4 Å². The first-order valence-electron chi connectivity index (χ1n) is 9.09. The Balaban J connectivity index is 1.67. The van der Waals surface area contributed by atoms with Crippen molar-refractivity contribution < 1.29 is 14.4 Å². The number of anilines is 2. The van der Waals surface area contributed by atoms with Crippen LogP contribution in [0, 0.1) is 10.1 Å².